The lowest BCUT2D eigenvalue weighted by Gasteiger charge is -2.18. The van der Waals surface area contributed by atoms with Gasteiger partial charge < -0.3 is 10.2 Å². The molecular formula is C16H20F2N4. The van der Waals surface area contributed by atoms with Gasteiger partial charge in [0.05, 0.1) is 5.69 Å². The normalized spacial score (nSPS) is 10.6. The molecule has 0 bridgehead atoms. The zero-order valence-corrected chi connectivity index (χ0v) is 13.0. The van der Waals surface area contributed by atoms with E-state index in [1.165, 1.54) is 12.1 Å². The van der Waals surface area contributed by atoms with E-state index in [4.69, 9.17) is 0 Å². The lowest BCUT2D eigenvalue weighted by atomic mass is 10.3. The van der Waals surface area contributed by atoms with Gasteiger partial charge in [-0.1, -0.05) is 13.3 Å². The second-order valence-corrected chi connectivity index (χ2v) is 5.22. The van der Waals surface area contributed by atoms with Gasteiger partial charge in [-0.25, -0.2) is 13.8 Å². The van der Waals surface area contributed by atoms with Crippen molar-refractivity contribution < 1.29 is 8.78 Å². The molecule has 0 spiro atoms. The van der Waals surface area contributed by atoms with Crippen molar-refractivity contribution >= 4 is 17.5 Å². The Balaban J connectivity index is 2.22. The summed E-state index contributed by atoms with van der Waals surface area (Å²) in [6, 6.07) is 5.11. The van der Waals surface area contributed by atoms with Crippen LogP contribution in [0, 0.1) is 18.6 Å². The van der Waals surface area contributed by atoms with Crippen LogP contribution in [0.3, 0.4) is 0 Å². The van der Waals surface area contributed by atoms with Gasteiger partial charge in [-0.2, -0.15) is 4.98 Å². The summed E-state index contributed by atoms with van der Waals surface area (Å²) in [5.41, 5.74) is 0.958. The Morgan fingerprint density at radius 1 is 1.18 bits per heavy atom. The number of unbranched alkanes of at least 4 members (excludes halogenated alkanes) is 1. The highest BCUT2D eigenvalue weighted by molar-refractivity contribution is 5.58. The molecule has 0 atom stereocenters. The number of aryl methyl sites for hydroxylation is 1. The van der Waals surface area contributed by atoms with Crippen LogP contribution in [-0.4, -0.2) is 23.6 Å². The van der Waals surface area contributed by atoms with Crippen LogP contribution < -0.4 is 10.2 Å². The Bertz CT molecular complexity index is 646. The predicted molar refractivity (Wildman–Crippen MR) is 84.6 cm³/mol. The minimum absolute atomic E-state index is 0.182. The van der Waals surface area contributed by atoms with E-state index in [0.29, 0.717) is 11.8 Å². The molecule has 0 aliphatic heterocycles. The summed E-state index contributed by atoms with van der Waals surface area (Å²) < 4.78 is 26.6. The summed E-state index contributed by atoms with van der Waals surface area (Å²) in [5.74, 6) is -0.200. The molecule has 2 rings (SSSR count). The molecule has 1 aromatic carbocycles. The molecule has 0 aliphatic rings. The van der Waals surface area contributed by atoms with Crippen molar-refractivity contribution in [2.45, 2.75) is 26.7 Å². The van der Waals surface area contributed by atoms with E-state index in [-0.39, 0.29) is 5.69 Å². The molecule has 1 N–H and O–H groups in total. The average Bonchev–Trinajstić information content (AvgIpc) is 2.47. The summed E-state index contributed by atoms with van der Waals surface area (Å²) in [4.78, 5) is 10.7. The van der Waals surface area contributed by atoms with E-state index in [1.54, 1.807) is 6.07 Å². The van der Waals surface area contributed by atoms with Gasteiger partial charge in [0.1, 0.15) is 17.5 Å². The predicted octanol–water partition coefficient (Wildman–Crippen LogP) is 4.04. The first-order chi connectivity index (χ1) is 10.5. The van der Waals surface area contributed by atoms with Crippen molar-refractivity contribution in [3.8, 4) is 0 Å². The molecular weight excluding hydrogens is 286 g/mol. The van der Waals surface area contributed by atoms with Gasteiger partial charge in [0.25, 0.3) is 0 Å². The first-order valence-electron chi connectivity index (χ1n) is 7.28. The van der Waals surface area contributed by atoms with E-state index < -0.39 is 11.6 Å². The van der Waals surface area contributed by atoms with Gasteiger partial charge in [-0.05, 0) is 25.5 Å². The Kier molecular flexibility index (Phi) is 5.25. The molecule has 0 aliphatic carbocycles. The van der Waals surface area contributed by atoms with Crippen LogP contribution >= 0.6 is 0 Å². The minimum Gasteiger partial charge on any atom is -0.344 e. The smallest absolute Gasteiger partial charge is 0.227 e. The first kappa shape index (κ1) is 16.1. The van der Waals surface area contributed by atoms with E-state index in [9.17, 15) is 8.78 Å². The summed E-state index contributed by atoms with van der Waals surface area (Å²) in [6.45, 7) is 4.82. The number of hydrogen-bond donors (Lipinski definition) is 1. The first-order valence-corrected chi connectivity index (χ1v) is 7.28. The van der Waals surface area contributed by atoms with Gasteiger partial charge >= 0.3 is 0 Å². The monoisotopic (exact) mass is 306 g/mol. The third-order valence-corrected chi connectivity index (χ3v) is 3.22. The fraction of sp³-hybridized carbons (Fsp3) is 0.375. The van der Waals surface area contributed by atoms with Crippen LogP contribution in [0.15, 0.2) is 24.3 Å². The second-order valence-electron chi connectivity index (χ2n) is 5.22. The third kappa shape index (κ3) is 4.13. The quantitative estimate of drug-likeness (QED) is 0.874. The van der Waals surface area contributed by atoms with Crippen molar-refractivity contribution in [1.82, 2.24) is 9.97 Å². The van der Waals surface area contributed by atoms with Crippen LogP contribution in [0.2, 0.25) is 0 Å². The summed E-state index contributed by atoms with van der Waals surface area (Å²) >= 11 is 0. The number of benzene rings is 1. The molecule has 22 heavy (non-hydrogen) atoms. The van der Waals surface area contributed by atoms with E-state index >= 15 is 0 Å². The highest BCUT2D eigenvalue weighted by Gasteiger charge is 2.09. The Morgan fingerprint density at radius 3 is 2.64 bits per heavy atom. The standard InChI is InChI=1S/C16H20F2N4/c1-4-5-8-22(3)16-19-11(2)9-15(21-16)20-14-7-6-12(17)10-13(14)18/h6-7,9-10H,4-5,8H2,1-3H3,(H,19,20,21). The highest BCUT2D eigenvalue weighted by atomic mass is 19.1. The number of hydrogen-bond acceptors (Lipinski definition) is 4. The number of rotatable bonds is 6. The number of anilines is 3. The average molecular weight is 306 g/mol. The molecule has 0 amide bonds. The molecule has 0 radical (unpaired) electrons. The van der Waals surface area contributed by atoms with E-state index in [0.717, 1.165) is 31.1 Å². The largest absolute Gasteiger partial charge is 0.344 e. The topological polar surface area (TPSA) is 41.1 Å². The Labute approximate surface area is 129 Å². The minimum atomic E-state index is -0.655. The Hall–Kier alpha value is -2.24. The number of halogens is 2. The molecule has 6 heteroatoms. The third-order valence-electron chi connectivity index (χ3n) is 3.22. The molecule has 0 saturated heterocycles. The van der Waals surface area contributed by atoms with Gasteiger partial charge in [0.2, 0.25) is 5.95 Å². The maximum absolute atomic E-state index is 13.7. The summed E-state index contributed by atoms with van der Waals surface area (Å²) in [5, 5.41) is 2.87. The van der Waals surface area contributed by atoms with Gasteiger partial charge in [0.15, 0.2) is 0 Å². The number of aromatic nitrogens is 2. The number of nitrogens with one attached hydrogen (secondary N) is 1. The van der Waals surface area contributed by atoms with Crippen molar-refractivity contribution in [3.63, 3.8) is 0 Å². The molecule has 2 aromatic rings. The van der Waals surface area contributed by atoms with Crippen LogP contribution in [0.5, 0.6) is 0 Å². The fourth-order valence-electron chi connectivity index (χ4n) is 2.01. The molecule has 1 aromatic heterocycles. The van der Waals surface area contributed by atoms with Gasteiger partial charge in [-0.3, -0.25) is 0 Å². The van der Waals surface area contributed by atoms with Gasteiger partial charge in [-0.15, -0.1) is 0 Å². The SMILES string of the molecule is CCCCN(C)c1nc(C)cc(Nc2ccc(F)cc2F)n1. The van der Waals surface area contributed by atoms with Crippen molar-refractivity contribution in [1.29, 1.82) is 0 Å². The van der Waals surface area contributed by atoms with E-state index in [1.807, 2.05) is 18.9 Å². The maximum atomic E-state index is 13.7. The van der Waals surface area contributed by atoms with E-state index in [2.05, 4.69) is 22.2 Å². The number of nitrogens with zero attached hydrogens (tertiary/aromatic N) is 3. The van der Waals surface area contributed by atoms with Crippen LogP contribution in [-0.2, 0) is 0 Å². The molecule has 118 valence electrons. The Morgan fingerprint density at radius 2 is 1.95 bits per heavy atom. The van der Waals surface area contributed by atoms with Crippen molar-refractivity contribution in [2.75, 3.05) is 23.8 Å². The lowest BCUT2D eigenvalue weighted by molar-refractivity contribution is 0.586. The fourth-order valence-corrected chi connectivity index (χ4v) is 2.01. The van der Waals surface area contributed by atoms with Gasteiger partial charge in [0, 0.05) is 31.4 Å². The zero-order chi connectivity index (χ0) is 16.1. The second kappa shape index (κ2) is 7.15. The summed E-state index contributed by atoms with van der Waals surface area (Å²) in [7, 11) is 1.92. The highest BCUT2D eigenvalue weighted by Crippen LogP contribution is 2.21. The molecule has 1 heterocycles. The molecule has 0 unspecified atom stereocenters. The lowest BCUT2D eigenvalue weighted by Crippen LogP contribution is -2.21. The molecule has 4 nitrogen and oxygen atoms in total. The maximum Gasteiger partial charge on any atom is 0.227 e. The molecule has 0 saturated carbocycles. The van der Waals surface area contributed by atoms with Crippen LogP contribution in [0.4, 0.5) is 26.2 Å². The van der Waals surface area contributed by atoms with Crippen LogP contribution in [0.1, 0.15) is 25.5 Å². The van der Waals surface area contributed by atoms with Crippen LogP contribution in [0.25, 0.3) is 0 Å². The van der Waals surface area contributed by atoms with Crippen molar-refractivity contribution in [2.24, 2.45) is 0 Å². The summed E-state index contributed by atoms with van der Waals surface area (Å²) in [6.07, 6.45) is 2.13. The molecule has 0 fully saturated rings. The zero-order valence-electron chi connectivity index (χ0n) is 13.0. The van der Waals surface area contributed by atoms with Crippen molar-refractivity contribution in [3.05, 3.63) is 41.6 Å².